The average molecular weight is 213 g/mol. The second-order valence-electron chi connectivity index (χ2n) is 4.51. The number of rotatable bonds is 5. The first-order chi connectivity index (χ1) is 6.68. The molecule has 0 amide bonds. The van der Waals surface area contributed by atoms with E-state index in [4.69, 9.17) is 0 Å². The molecular weight excluding hydrogens is 190 g/mol. The fourth-order valence-electron chi connectivity index (χ4n) is 2.15. The first-order valence-electron chi connectivity index (χ1n) is 5.59. The molecule has 1 N–H and O–H groups in total. The van der Waals surface area contributed by atoms with Gasteiger partial charge in [0.1, 0.15) is 0 Å². The van der Waals surface area contributed by atoms with Crippen LogP contribution in [-0.4, -0.2) is 24.1 Å². The van der Waals surface area contributed by atoms with Crippen molar-refractivity contribution in [3.8, 4) is 0 Å². The van der Waals surface area contributed by atoms with Crippen LogP contribution in [0, 0.1) is 0 Å². The van der Waals surface area contributed by atoms with Crippen LogP contribution in [-0.2, 0) is 0 Å². The minimum atomic E-state index is 0.522. The zero-order chi connectivity index (χ0) is 10.4. The lowest BCUT2D eigenvalue weighted by Gasteiger charge is -2.36. The molecular formula is C12H23NS. The summed E-state index contributed by atoms with van der Waals surface area (Å²) in [6.07, 6.45) is 9.29. The van der Waals surface area contributed by atoms with E-state index in [0.717, 1.165) is 13.1 Å². The normalized spacial score (nSPS) is 20.7. The smallest absolute Gasteiger partial charge is 0.0281 e. The molecule has 0 radical (unpaired) electrons. The van der Waals surface area contributed by atoms with Crippen molar-refractivity contribution in [2.75, 3.05) is 19.3 Å². The Bertz CT molecular complexity index is 183. The van der Waals surface area contributed by atoms with E-state index >= 15 is 0 Å². The van der Waals surface area contributed by atoms with Gasteiger partial charge < -0.3 is 5.32 Å². The Morgan fingerprint density at radius 1 is 1.36 bits per heavy atom. The third kappa shape index (κ3) is 3.66. The molecule has 0 aromatic heterocycles. The third-order valence-corrected chi connectivity index (χ3v) is 4.49. The molecule has 0 aromatic rings. The number of hydrogen-bond donors (Lipinski definition) is 1. The lowest BCUT2D eigenvalue weighted by Crippen LogP contribution is -2.39. The van der Waals surface area contributed by atoms with Crippen LogP contribution in [0.5, 0.6) is 0 Å². The summed E-state index contributed by atoms with van der Waals surface area (Å²) in [5.74, 6) is 0. The van der Waals surface area contributed by atoms with Crippen molar-refractivity contribution in [1.82, 2.24) is 5.32 Å². The van der Waals surface area contributed by atoms with Gasteiger partial charge in [-0.05, 0) is 26.0 Å². The predicted molar refractivity (Wildman–Crippen MR) is 67.0 cm³/mol. The molecule has 0 aliphatic heterocycles. The van der Waals surface area contributed by atoms with Crippen LogP contribution in [0.25, 0.3) is 0 Å². The largest absolute Gasteiger partial charge is 0.312 e. The van der Waals surface area contributed by atoms with E-state index in [1.54, 1.807) is 0 Å². The number of hydrogen-bond acceptors (Lipinski definition) is 2. The second kappa shape index (κ2) is 5.82. The van der Waals surface area contributed by atoms with Crippen LogP contribution < -0.4 is 5.32 Å². The Morgan fingerprint density at radius 2 is 2.00 bits per heavy atom. The molecule has 2 heteroatoms. The van der Waals surface area contributed by atoms with Gasteiger partial charge in [-0.2, -0.15) is 11.8 Å². The van der Waals surface area contributed by atoms with Crippen LogP contribution >= 0.6 is 11.8 Å². The van der Waals surface area contributed by atoms with E-state index in [-0.39, 0.29) is 0 Å². The van der Waals surface area contributed by atoms with Crippen LogP contribution in [0.1, 0.15) is 39.0 Å². The molecule has 0 unspecified atom stereocenters. The molecule has 0 aromatic carbocycles. The first-order valence-corrected chi connectivity index (χ1v) is 6.81. The molecule has 1 fully saturated rings. The van der Waals surface area contributed by atoms with Crippen LogP contribution in [0.4, 0.5) is 0 Å². The van der Waals surface area contributed by atoms with Crippen molar-refractivity contribution in [1.29, 1.82) is 0 Å². The highest BCUT2D eigenvalue weighted by molar-refractivity contribution is 8.00. The summed E-state index contributed by atoms with van der Waals surface area (Å²) in [4.78, 5) is 0. The zero-order valence-electron chi connectivity index (χ0n) is 9.57. The quantitative estimate of drug-likeness (QED) is 0.704. The second-order valence-corrected chi connectivity index (χ2v) is 5.78. The van der Waals surface area contributed by atoms with Crippen LogP contribution in [0.3, 0.4) is 0 Å². The van der Waals surface area contributed by atoms with Gasteiger partial charge in [0.2, 0.25) is 0 Å². The SMILES string of the molecule is C=C(C)CNCC1(SC)CCCCC1. The van der Waals surface area contributed by atoms with Crippen molar-refractivity contribution >= 4 is 11.8 Å². The van der Waals surface area contributed by atoms with E-state index < -0.39 is 0 Å². The molecule has 0 bridgehead atoms. The average Bonchev–Trinajstić information content (AvgIpc) is 2.19. The molecule has 0 atom stereocenters. The summed E-state index contributed by atoms with van der Waals surface area (Å²) in [6, 6.07) is 0. The van der Waals surface area contributed by atoms with E-state index in [2.05, 4.69) is 36.8 Å². The van der Waals surface area contributed by atoms with Gasteiger partial charge in [-0.15, -0.1) is 0 Å². The topological polar surface area (TPSA) is 12.0 Å². The van der Waals surface area contributed by atoms with Gasteiger partial charge in [0, 0.05) is 17.8 Å². The lowest BCUT2D eigenvalue weighted by molar-refractivity contribution is 0.384. The predicted octanol–water partition coefficient (Wildman–Crippen LogP) is 3.22. The fraction of sp³-hybridized carbons (Fsp3) is 0.833. The summed E-state index contributed by atoms with van der Waals surface area (Å²) >= 11 is 2.05. The molecule has 1 aliphatic rings. The highest BCUT2D eigenvalue weighted by Crippen LogP contribution is 2.37. The van der Waals surface area contributed by atoms with E-state index in [9.17, 15) is 0 Å². The molecule has 14 heavy (non-hydrogen) atoms. The zero-order valence-corrected chi connectivity index (χ0v) is 10.4. The van der Waals surface area contributed by atoms with E-state index in [1.807, 2.05) is 0 Å². The molecule has 82 valence electrons. The summed E-state index contributed by atoms with van der Waals surface area (Å²) in [5, 5.41) is 3.53. The minimum absolute atomic E-state index is 0.522. The van der Waals surface area contributed by atoms with Gasteiger partial charge in [0.05, 0.1) is 0 Å². The molecule has 0 spiro atoms. The number of nitrogens with one attached hydrogen (secondary N) is 1. The van der Waals surface area contributed by atoms with Gasteiger partial charge in [-0.25, -0.2) is 0 Å². The molecule has 1 saturated carbocycles. The Labute approximate surface area is 92.7 Å². The van der Waals surface area contributed by atoms with Crippen LogP contribution in [0.15, 0.2) is 12.2 Å². The lowest BCUT2D eigenvalue weighted by atomic mass is 9.88. The minimum Gasteiger partial charge on any atom is -0.312 e. The van der Waals surface area contributed by atoms with Gasteiger partial charge in [-0.3, -0.25) is 0 Å². The van der Waals surface area contributed by atoms with E-state index in [1.165, 1.54) is 37.7 Å². The van der Waals surface area contributed by atoms with Crippen LogP contribution in [0.2, 0.25) is 0 Å². The maximum absolute atomic E-state index is 3.92. The van der Waals surface area contributed by atoms with E-state index in [0.29, 0.717) is 4.75 Å². The highest BCUT2D eigenvalue weighted by atomic mass is 32.2. The van der Waals surface area contributed by atoms with Gasteiger partial charge >= 0.3 is 0 Å². The first kappa shape index (κ1) is 12.1. The monoisotopic (exact) mass is 213 g/mol. The molecule has 1 rings (SSSR count). The summed E-state index contributed by atoms with van der Waals surface area (Å²) in [5.41, 5.74) is 1.23. The van der Waals surface area contributed by atoms with Gasteiger partial charge in [-0.1, -0.05) is 31.4 Å². The van der Waals surface area contributed by atoms with Crippen molar-refractivity contribution in [2.45, 2.75) is 43.8 Å². The molecule has 1 nitrogen and oxygen atoms in total. The van der Waals surface area contributed by atoms with Gasteiger partial charge in [0.25, 0.3) is 0 Å². The summed E-state index contributed by atoms with van der Waals surface area (Å²) in [6.45, 7) is 8.13. The Hall–Kier alpha value is 0.0500. The number of thioether (sulfide) groups is 1. The summed E-state index contributed by atoms with van der Waals surface area (Å²) < 4.78 is 0.522. The van der Waals surface area contributed by atoms with Gasteiger partial charge in [0.15, 0.2) is 0 Å². The van der Waals surface area contributed by atoms with Crippen molar-refractivity contribution < 1.29 is 0 Å². The maximum Gasteiger partial charge on any atom is 0.0281 e. The van der Waals surface area contributed by atoms with Crippen molar-refractivity contribution in [3.63, 3.8) is 0 Å². The highest BCUT2D eigenvalue weighted by Gasteiger charge is 2.30. The maximum atomic E-state index is 3.92. The Morgan fingerprint density at radius 3 is 2.50 bits per heavy atom. The summed E-state index contributed by atoms with van der Waals surface area (Å²) in [7, 11) is 0. The standard InChI is InChI=1S/C12H23NS/c1-11(2)9-13-10-12(14-3)7-5-4-6-8-12/h13H,1,4-10H2,2-3H3. The fourth-order valence-corrected chi connectivity index (χ4v) is 3.10. The van der Waals surface area contributed by atoms with Crippen molar-refractivity contribution in [3.05, 3.63) is 12.2 Å². The molecule has 1 aliphatic carbocycles. The third-order valence-electron chi connectivity index (χ3n) is 3.07. The molecule has 0 heterocycles. The van der Waals surface area contributed by atoms with Crippen molar-refractivity contribution in [2.24, 2.45) is 0 Å². The Balaban J connectivity index is 2.32. The molecule has 0 saturated heterocycles. The Kier molecular flexibility index (Phi) is 5.04.